The molecule has 3 atom stereocenters. The first-order valence-electron chi connectivity index (χ1n) is 11.4. The maximum absolute atomic E-state index is 13.7. The molecule has 6 nitrogen and oxygen atoms in total. The summed E-state index contributed by atoms with van der Waals surface area (Å²) in [7, 11) is -3.23. The van der Waals surface area contributed by atoms with Gasteiger partial charge >= 0.3 is 0 Å². The molecule has 1 aromatic heterocycles. The highest BCUT2D eigenvalue weighted by molar-refractivity contribution is 7.88. The molecule has 0 aliphatic heterocycles. The van der Waals surface area contributed by atoms with E-state index in [4.69, 9.17) is 11.6 Å². The minimum absolute atomic E-state index is 0.0466. The summed E-state index contributed by atoms with van der Waals surface area (Å²) in [5.41, 5.74) is 2.57. The lowest BCUT2D eigenvalue weighted by atomic mass is 9.68. The Morgan fingerprint density at radius 2 is 2.00 bits per heavy atom. The molecule has 0 spiro atoms. The molecule has 2 aliphatic rings. The van der Waals surface area contributed by atoms with Gasteiger partial charge in [-0.25, -0.2) is 13.1 Å². The van der Waals surface area contributed by atoms with Crippen molar-refractivity contribution in [1.29, 1.82) is 0 Å². The third-order valence-corrected chi connectivity index (χ3v) is 9.02. The topological polar surface area (TPSA) is 80.2 Å². The van der Waals surface area contributed by atoms with E-state index in [-0.39, 0.29) is 22.8 Å². The summed E-state index contributed by atoms with van der Waals surface area (Å²) >= 11 is 6.56. The SMILES string of the molecule is Cc1c(C(=O)NC2C3(C)CCC(C3)C2(C)C)c2cccc(Cl)c2n1CCCNS(C)(=O)=O. The van der Waals surface area contributed by atoms with Crippen LogP contribution in [0.3, 0.4) is 0 Å². The second kappa shape index (κ2) is 8.03. The highest BCUT2D eigenvalue weighted by atomic mass is 35.5. The lowest BCUT2D eigenvalue weighted by Crippen LogP contribution is -2.52. The van der Waals surface area contributed by atoms with E-state index in [1.165, 1.54) is 12.8 Å². The number of benzene rings is 1. The minimum atomic E-state index is -3.23. The molecule has 4 rings (SSSR count). The molecule has 2 aromatic rings. The maximum Gasteiger partial charge on any atom is 0.253 e. The summed E-state index contributed by atoms with van der Waals surface area (Å²) in [6.07, 6.45) is 5.32. The van der Waals surface area contributed by atoms with Gasteiger partial charge in [-0.3, -0.25) is 4.79 Å². The molecular weight excluding hydrogens is 446 g/mol. The van der Waals surface area contributed by atoms with Gasteiger partial charge in [0, 0.05) is 30.2 Å². The van der Waals surface area contributed by atoms with Gasteiger partial charge in [0.25, 0.3) is 5.91 Å². The molecule has 176 valence electrons. The van der Waals surface area contributed by atoms with Crippen molar-refractivity contribution in [2.45, 2.75) is 66.0 Å². The number of hydrogen-bond acceptors (Lipinski definition) is 3. The summed E-state index contributed by atoms with van der Waals surface area (Å²) in [6, 6.07) is 5.79. The van der Waals surface area contributed by atoms with Crippen LogP contribution in [0, 0.1) is 23.7 Å². The number of nitrogens with zero attached hydrogens (tertiary/aromatic N) is 1. The summed E-state index contributed by atoms with van der Waals surface area (Å²) in [6.45, 7) is 9.73. The standard InChI is InChI=1S/C24H34ClN3O3S/c1-15-19(21(29)27-22-23(2,3)16-10-11-24(22,4)14-16)17-8-6-9-18(25)20(17)28(15)13-7-12-26-32(5,30)31/h6,8-9,16,22,26H,7,10-14H2,1-5H3,(H,27,29). The molecule has 2 saturated carbocycles. The number of amides is 1. The Kier molecular flexibility index (Phi) is 5.92. The van der Waals surface area contributed by atoms with Crippen molar-refractivity contribution >= 4 is 38.4 Å². The van der Waals surface area contributed by atoms with Gasteiger partial charge in [0.15, 0.2) is 0 Å². The average Bonchev–Trinajstić information content (AvgIpc) is 3.27. The van der Waals surface area contributed by atoms with E-state index < -0.39 is 10.0 Å². The summed E-state index contributed by atoms with van der Waals surface area (Å²) in [5, 5.41) is 4.86. The fourth-order valence-electron chi connectivity index (χ4n) is 6.42. The number of rotatable bonds is 7. The number of nitrogens with one attached hydrogen (secondary N) is 2. The Hall–Kier alpha value is -1.57. The second-order valence-electron chi connectivity index (χ2n) is 10.6. The van der Waals surface area contributed by atoms with E-state index in [0.29, 0.717) is 36.0 Å². The van der Waals surface area contributed by atoms with Gasteiger partial charge in [0.1, 0.15) is 0 Å². The largest absolute Gasteiger partial charge is 0.348 e. The molecule has 1 aromatic carbocycles. The van der Waals surface area contributed by atoms with Gasteiger partial charge in [-0.1, -0.05) is 44.5 Å². The molecule has 0 radical (unpaired) electrons. The first kappa shape index (κ1) is 23.6. The van der Waals surface area contributed by atoms with Crippen LogP contribution in [0.1, 0.15) is 62.5 Å². The van der Waals surface area contributed by atoms with Crippen LogP contribution in [0.15, 0.2) is 18.2 Å². The number of aryl methyl sites for hydroxylation is 1. The number of sulfonamides is 1. The quantitative estimate of drug-likeness (QED) is 0.574. The Balaban J connectivity index is 1.65. The van der Waals surface area contributed by atoms with Gasteiger partial charge in [-0.15, -0.1) is 0 Å². The molecule has 2 N–H and O–H groups in total. The van der Waals surface area contributed by atoms with Crippen LogP contribution in [0.25, 0.3) is 10.9 Å². The van der Waals surface area contributed by atoms with Crippen molar-refractivity contribution in [3.63, 3.8) is 0 Å². The molecule has 2 bridgehead atoms. The maximum atomic E-state index is 13.7. The smallest absolute Gasteiger partial charge is 0.253 e. The van der Waals surface area contributed by atoms with E-state index in [2.05, 4.69) is 30.8 Å². The number of aromatic nitrogens is 1. The summed E-state index contributed by atoms with van der Waals surface area (Å²) in [5.74, 6) is 0.603. The van der Waals surface area contributed by atoms with Crippen LogP contribution in [-0.4, -0.2) is 37.7 Å². The van der Waals surface area contributed by atoms with Gasteiger partial charge in [0.2, 0.25) is 10.0 Å². The molecule has 3 unspecified atom stereocenters. The molecule has 8 heteroatoms. The highest BCUT2D eigenvalue weighted by Gasteiger charge is 2.59. The Morgan fingerprint density at radius 1 is 1.28 bits per heavy atom. The monoisotopic (exact) mass is 479 g/mol. The lowest BCUT2D eigenvalue weighted by molar-refractivity contribution is 0.0738. The molecule has 32 heavy (non-hydrogen) atoms. The van der Waals surface area contributed by atoms with Crippen LogP contribution < -0.4 is 10.0 Å². The van der Waals surface area contributed by atoms with Crippen LogP contribution in [-0.2, 0) is 16.6 Å². The highest BCUT2D eigenvalue weighted by Crippen LogP contribution is 2.62. The van der Waals surface area contributed by atoms with Crippen LogP contribution in [0.5, 0.6) is 0 Å². The van der Waals surface area contributed by atoms with Crippen LogP contribution in [0.2, 0.25) is 5.02 Å². The molecule has 0 saturated heterocycles. The summed E-state index contributed by atoms with van der Waals surface area (Å²) < 4.78 is 27.3. The zero-order chi connectivity index (χ0) is 23.5. The zero-order valence-electron chi connectivity index (χ0n) is 19.6. The van der Waals surface area contributed by atoms with Crippen molar-refractivity contribution in [2.75, 3.05) is 12.8 Å². The van der Waals surface area contributed by atoms with Crippen molar-refractivity contribution in [2.24, 2.45) is 16.7 Å². The molecule has 2 fully saturated rings. The fraction of sp³-hybridized carbons (Fsp3) is 0.625. The fourth-order valence-corrected chi connectivity index (χ4v) is 7.21. The molecular formula is C24H34ClN3O3S. The van der Waals surface area contributed by atoms with E-state index >= 15 is 0 Å². The van der Waals surface area contributed by atoms with E-state index in [1.807, 2.05) is 29.7 Å². The average molecular weight is 480 g/mol. The van der Waals surface area contributed by atoms with Gasteiger partial charge in [0.05, 0.1) is 22.4 Å². The van der Waals surface area contributed by atoms with Gasteiger partial charge in [-0.05, 0) is 55.4 Å². The van der Waals surface area contributed by atoms with Crippen LogP contribution >= 0.6 is 11.6 Å². The molecule has 2 aliphatic carbocycles. The van der Waals surface area contributed by atoms with Crippen molar-refractivity contribution in [3.05, 3.63) is 34.5 Å². The predicted octanol–water partition coefficient (Wildman–Crippen LogP) is 4.49. The first-order chi connectivity index (χ1) is 14.8. The summed E-state index contributed by atoms with van der Waals surface area (Å²) in [4.78, 5) is 13.7. The Labute approximate surface area is 196 Å². The third kappa shape index (κ3) is 3.97. The normalized spacial score (nSPS) is 26.7. The number of carbonyl (C=O) groups is 1. The van der Waals surface area contributed by atoms with Crippen molar-refractivity contribution < 1.29 is 13.2 Å². The first-order valence-corrected chi connectivity index (χ1v) is 13.6. The zero-order valence-corrected chi connectivity index (χ0v) is 21.2. The number of halogens is 1. The Bertz CT molecular complexity index is 1170. The Morgan fingerprint density at radius 3 is 2.62 bits per heavy atom. The lowest BCUT2D eigenvalue weighted by Gasteiger charge is -2.43. The number of fused-ring (bicyclic) bond motifs is 3. The second-order valence-corrected chi connectivity index (χ2v) is 12.8. The van der Waals surface area contributed by atoms with Crippen molar-refractivity contribution in [3.8, 4) is 0 Å². The van der Waals surface area contributed by atoms with E-state index in [1.54, 1.807) is 0 Å². The molecule has 1 amide bonds. The number of carbonyl (C=O) groups excluding carboxylic acids is 1. The van der Waals surface area contributed by atoms with E-state index in [9.17, 15) is 13.2 Å². The number of hydrogen-bond donors (Lipinski definition) is 2. The van der Waals surface area contributed by atoms with Gasteiger partial charge in [-0.2, -0.15) is 0 Å². The van der Waals surface area contributed by atoms with E-state index in [0.717, 1.165) is 29.3 Å². The third-order valence-electron chi connectivity index (χ3n) is 7.99. The van der Waals surface area contributed by atoms with Gasteiger partial charge < -0.3 is 9.88 Å². The predicted molar refractivity (Wildman–Crippen MR) is 130 cm³/mol. The van der Waals surface area contributed by atoms with Crippen LogP contribution in [0.4, 0.5) is 0 Å². The van der Waals surface area contributed by atoms with Crippen molar-refractivity contribution in [1.82, 2.24) is 14.6 Å². The molecule has 1 heterocycles. The minimum Gasteiger partial charge on any atom is -0.348 e. The number of para-hydroxylation sites is 1.